The molecule has 1 aromatic carbocycles. The van der Waals surface area contributed by atoms with Crippen LogP contribution >= 0.6 is 0 Å². The second-order valence-corrected chi connectivity index (χ2v) is 3.62. The number of fused-ring (bicyclic) bond motifs is 1. The van der Waals surface area contributed by atoms with Crippen LogP contribution in [0.15, 0.2) is 24.3 Å². The summed E-state index contributed by atoms with van der Waals surface area (Å²) in [5.41, 5.74) is 2.38. The van der Waals surface area contributed by atoms with Crippen molar-refractivity contribution < 1.29 is 4.79 Å². The minimum absolute atomic E-state index is 0.0868. The van der Waals surface area contributed by atoms with E-state index < -0.39 is 5.92 Å². The van der Waals surface area contributed by atoms with Crippen LogP contribution in [0, 0.1) is 17.2 Å². The van der Waals surface area contributed by atoms with Crippen molar-refractivity contribution in [2.75, 3.05) is 0 Å². The van der Waals surface area contributed by atoms with Crippen LogP contribution in [0.5, 0.6) is 0 Å². The number of nitrogens with zero attached hydrogens (tertiary/aromatic N) is 1. The van der Waals surface area contributed by atoms with Crippen LogP contribution < -0.4 is 0 Å². The first kappa shape index (κ1) is 8.96. The van der Waals surface area contributed by atoms with Crippen molar-refractivity contribution in [3.8, 4) is 6.07 Å². The van der Waals surface area contributed by atoms with Gasteiger partial charge in [-0.1, -0.05) is 24.3 Å². The molecule has 0 heterocycles. The fraction of sp³-hybridized carbons (Fsp3) is 0.333. The molecular weight excluding hydrogens is 174 g/mol. The molecule has 1 aromatic rings. The van der Waals surface area contributed by atoms with Crippen LogP contribution in [-0.2, 0) is 17.6 Å². The van der Waals surface area contributed by atoms with Gasteiger partial charge in [-0.05, 0) is 24.0 Å². The third-order valence-corrected chi connectivity index (χ3v) is 2.73. The number of hydrogen-bond donors (Lipinski definition) is 0. The maximum atomic E-state index is 11.5. The lowest BCUT2D eigenvalue weighted by molar-refractivity contribution is -0.121. The number of carbonyl (C=O) groups is 1. The molecule has 0 saturated heterocycles. The van der Waals surface area contributed by atoms with Crippen molar-refractivity contribution in [3.63, 3.8) is 0 Å². The quantitative estimate of drug-likeness (QED) is 0.579. The lowest BCUT2D eigenvalue weighted by Gasteiger charge is -2.04. The molecule has 2 nitrogen and oxygen atoms in total. The Morgan fingerprint density at radius 3 is 2.64 bits per heavy atom. The van der Waals surface area contributed by atoms with Crippen molar-refractivity contribution in [1.29, 1.82) is 5.26 Å². The second-order valence-electron chi connectivity index (χ2n) is 3.62. The smallest absolute Gasteiger partial charge is 0.150 e. The van der Waals surface area contributed by atoms with Crippen molar-refractivity contribution in [1.82, 2.24) is 0 Å². The molecule has 2 heteroatoms. The van der Waals surface area contributed by atoms with Gasteiger partial charge in [-0.15, -0.1) is 0 Å². The highest BCUT2D eigenvalue weighted by atomic mass is 16.1. The summed E-state index contributed by atoms with van der Waals surface area (Å²) in [6.45, 7) is 0. The monoisotopic (exact) mass is 185 g/mol. The van der Waals surface area contributed by atoms with Gasteiger partial charge in [0.05, 0.1) is 6.07 Å². The average molecular weight is 185 g/mol. The molecule has 1 atom stereocenters. The lowest BCUT2D eigenvalue weighted by atomic mass is 9.97. The number of benzene rings is 1. The highest BCUT2D eigenvalue weighted by molar-refractivity contribution is 5.84. The summed E-state index contributed by atoms with van der Waals surface area (Å²) in [4.78, 5) is 11.5. The normalized spacial score (nSPS) is 20.8. The molecule has 2 rings (SSSR count). The standard InChI is InChI=1S/C12H11NO/c13-8-11-7-10-4-2-1-3-9(10)5-6-12(11)14/h1-4,11H,5-7H2/t11-/m0/s1. The molecule has 0 bridgehead atoms. The third kappa shape index (κ3) is 1.54. The van der Waals surface area contributed by atoms with E-state index in [1.165, 1.54) is 5.56 Å². The zero-order valence-corrected chi connectivity index (χ0v) is 7.86. The van der Waals surface area contributed by atoms with E-state index in [9.17, 15) is 4.79 Å². The molecule has 0 fully saturated rings. The Bertz CT molecular complexity index is 403. The molecule has 0 aromatic heterocycles. The summed E-state index contributed by atoms with van der Waals surface area (Å²) in [5.74, 6) is -0.345. The van der Waals surface area contributed by atoms with E-state index in [1.807, 2.05) is 24.3 Å². The number of ketones is 1. The van der Waals surface area contributed by atoms with E-state index in [0.29, 0.717) is 12.8 Å². The summed E-state index contributed by atoms with van der Waals surface area (Å²) in [7, 11) is 0. The Kier molecular flexibility index (Phi) is 2.32. The van der Waals surface area contributed by atoms with Crippen molar-refractivity contribution in [2.24, 2.45) is 5.92 Å². The van der Waals surface area contributed by atoms with Gasteiger partial charge in [0.25, 0.3) is 0 Å². The predicted octanol–water partition coefficient (Wildman–Crippen LogP) is 1.88. The Morgan fingerprint density at radius 2 is 1.93 bits per heavy atom. The van der Waals surface area contributed by atoms with Crippen LogP contribution in [0.25, 0.3) is 0 Å². The number of hydrogen-bond acceptors (Lipinski definition) is 2. The van der Waals surface area contributed by atoms with Crippen molar-refractivity contribution in [2.45, 2.75) is 19.3 Å². The van der Waals surface area contributed by atoms with E-state index in [1.54, 1.807) is 0 Å². The molecule has 0 unspecified atom stereocenters. The Balaban J connectivity index is 2.36. The van der Waals surface area contributed by atoms with E-state index in [4.69, 9.17) is 5.26 Å². The van der Waals surface area contributed by atoms with E-state index >= 15 is 0 Å². The third-order valence-electron chi connectivity index (χ3n) is 2.73. The van der Waals surface area contributed by atoms with Gasteiger partial charge in [-0.25, -0.2) is 0 Å². The summed E-state index contributed by atoms with van der Waals surface area (Å²) in [5, 5.41) is 8.84. The lowest BCUT2D eigenvalue weighted by Crippen LogP contribution is -2.12. The van der Waals surface area contributed by atoms with Crippen LogP contribution in [0.3, 0.4) is 0 Å². The molecule has 0 radical (unpaired) electrons. The Hall–Kier alpha value is -1.62. The molecule has 0 saturated carbocycles. The highest BCUT2D eigenvalue weighted by Crippen LogP contribution is 2.21. The van der Waals surface area contributed by atoms with Crippen LogP contribution in [0.1, 0.15) is 17.5 Å². The first-order chi connectivity index (χ1) is 6.81. The Morgan fingerprint density at radius 1 is 1.21 bits per heavy atom. The fourth-order valence-corrected chi connectivity index (χ4v) is 1.88. The SMILES string of the molecule is N#C[C@@H]1Cc2ccccc2CCC1=O. The maximum absolute atomic E-state index is 11.5. The summed E-state index contributed by atoms with van der Waals surface area (Å²) < 4.78 is 0. The topological polar surface area (TPSA) is 40.9 Å². The van der Waals surface area contributed by atoms with Gasteiger partial charge in [0.1, 0.15) is 5.92 Å². The van der Waals surface area contributed by atoms with Gasteiger partial charge < -0.3 is 0 Å². The van der Waals surface area contributed by atoms with Gasteiger partial charge in [0.2, 0.25) is 0 Å². The number of carbonyl (C=O) groups excluding carboxylic acids is 1. The minimum atomic E-state index is -0.432. The zero-order chi connectivity index (χ0) is 9.97. The molecule has 0 spiro atoms. The molecule has 1 aliphatic rings. The number of Topliss-reactive ketones (excluding diaryl/α,β-unsaturated/α-hetero) is 1. The summed E-state index contributed by atoms with van der Waals surface area (Å²) in [6.07, 6.45) is 1.88. The minimum Gasteiger partial charge on any atom is -0.298 e. The van der Waals surface area contributed by atoms with Crippen LogP contribution in [0.4, 0.5) is 0 Å². The molecule has 70 valence electrons. The average Bonchev–Trinajstić information content (AvgIpc) is 2.38. The first-order valence-electron chi connectivity index (χ1n) is 4.80. The second kappa shape index (κ2) is 3.63. The maximum Gasteiger partial charge on any atom is 0.150 e. The molecule has 0 aliphatic heterocycles. The van der Waals surface area contributed by atoms with Crippen LogP contribution in [0.2, 0.25) is 0 Å². The highest BCUT2D eigenvalue weighted by Gasteiger charge is 2.22. The molecule has 0 amide bonds. The van der Waals surface area contributed by atoms with Crippen molar-refractivity contribution in [3.05, 3.63) is 35.4 Å². The predicted molar refractivity (Wildman–Crippen MR) is 52.6 cm³/mol. The zero-order valence-electron chi connectivity index (χ0n) is 7.86. The first-order valence-corrected chi connectivity index (χ1v) is 4.80. The Labute approximate surface area is 83.2 Å². The van der Waals surface area contributed by atoms with Crippen molar-refractivity contribution >= 4 is 5.78 Å². The van der Waals surface area contributed by atoms with Gasteiger partial charge in [0, 0.05) is 6.42 Å². The molecule has 14 heavy (non-hydrogen) atoms. The van der Waals surface area contributed by atoms with Gasteiger partial charge in [0.15, 0.2) is 5.78 Å². The van der Waals surface area contributed by atoms with E-state index in [-0.39, 0.29) is 5.78 Å². The number of rotatable bonds is 0. The molecule has 1 aliphatic carbocycles. The van der Waals surface area contributed by atoms with Gasteiger partial charge >= 0.3 is 0 Å². The number of aryl methyl sites for hydroxylation is 1. The fourth-order valence-electron chi connectivity index (χ4n) is 1.88. The van der Waals surface area contributed by atoms with Gasteiger partial charge in [-0.3, -0.25) is 4.79 Å². The summed E-state index contributed by atoms with van der Waals surface area (Å²) in [6, 6.07) is 10.1. The van der Waals surface area contributed by atoms with Crippen LogP contribution in [-0.4, -0.2) is 5.78 Å². The van der Waals surface area contributed by atoms with E-state index in [2.05, 4.69) is 6.07 Å². The molecular formula is C12H11NO. The largest absolute Gasteiger partial charge is 0.298 e. The molecule has 0 N–H and O–H groups in total. The van der Waals surface area contributed by atoms with E-state index in [0.717, 1.165) is 12.0 Å². The summed E-state index contributed by atoms with van der Waals surface area (Å²) >= 11 is 0. The van der Waals surface area contributed by atoms with Gasteiger partial charge in [-0.2, -0.15) is 5.26 Å². The number of nitriles is 1.